The number of phenols is 1. The second-order valence-corrected chi connectivity index (χ2v) is 5.18. The Labute approximate surface area is 126 Å². The summed E-state index contributed by atoms with van der Waals surface area (Å²) in [6, 6.07) is 1.75. The molecule has 21 heavy (non-hydrogen) atoms. The number of aromatic hydroxyl groups is 1. The van der Waals surface area contributed by atoms with E-state index in [9.17, 15) is 9.90 Å². The number of phenolic OH excluding ortho intramolecular Hbond substituents is 1. The Morgan fingerprint density at radius 2 is 1.95 bits per heavy atom. The lowest BCUT2D eigenvalue weighted by atomic mass is 9.99. The van der Waals surface area contributed by atoms with Gasteiger partial charge in [0.15, 0.2) is 0 Å². The van der Waals surface area contributed by atoms with Crippen molar-refractivity contribution in [2.45, 2.75) is 40.0 Å². The first-order chi connectivity index (χ1) is 9.90. The van der Waals surface area contributed by atoms with Crippen molar-refractivity contribution >= 4 is 5.97 Å². The largest absolute Gasteiger partial charge is 0.508 e. The molecule has 0 unspecified atom stereocenters. The molecule has 1 aromatic carbocycles. The molecule has 1 N–H and O–H groups in total. The van der Waals surface area contributed by atoms with Gasteiger partial charge in [-0.3, -0.25) is 4.79 Å². The van der Waals surface area contributed by atoms with Gasteiger partial charge in [0.2, 0.25) is 0 Å². The summed E-state index contributed by atoms with van der Waals surface area (Å²) < 4.78 is 10.0. The quantitative estimate of drug-likeness (QED) is 0.644. The maximum atomic E-state index is 11.1. The Morgan fingerprint density at radius 3 is 2.52 bits per heavy atom. The first-order valence-electron chi connectivity index (χ1n) is 6.99. The van der Waals surface area contributed by atoms with Crippen molar-refractivity contribution in [2.24, 2.45) is 0 Å². The van der Waals surface area contributed by atoms with E-state index in [0.29, 0.717) is 19.3 Å². The molecule has 0 fully saturated rings. The molecule has 0 radical (unpaired) electrons. The fourth-order valence-electron chi connectivity index (χ4n) is 2.18. The molecule has 1 rings (SSSR count). The summed E-state index contributed by atoms with van der Waals surface area (Å²) >= 11 is 0. The van der Waals surface area contributed by atoms with Gasteiger partial charge in [-0.25, -0.2) is 0 Å². The van der Waals surface area contributed by atoms with E-state index in [4.69, 9.17) is 4.74 Å². The highest BCUT2D eigenvalue weighted by atomic mass is 16.5. The molecule has 0 saturated carbocycles. The third kappa shape index (κ3) is 4.52. The summed E-state index contributed by atoms with van der Waals surface area (Å²) in [5.41, 5.74) is 3.89. The summed E-state index contributed by atoms with van der Waals surface area (Å²) in [4.78, 5) is 11.1. The van der Waals surface area contributed by atoms with Crippen molar-refractivity contribution in [3.8, 4) is 11.5 Å². The van der Waals surface area contributed by atoms with E-state index in [1.807, 2.05) is 26.8 Å². The van der Waals surface area contributed by atoms with Gasteiger partial charge in [-0.05, 0) is 50.8 Å². The van der Waals surface area contributed by atoms with E-state index in [2.05, 4.69) is 4.74 Å². The molecule has 0 aliphatic heterocycles. The van der Waals surface area contributed by atoms with Gasteiger partial charge in [-0.15, -0.1) is 0 Å². The minimum Gasteiger partial charge on any atom is -0.508 e. The molecule has 0 aliphatic rings. The average molecular weight is 292 g/mol. The second kappa shape index (κ2) is 7.72. The molecular weight excluding hydrogens is 268 g/mol. The van der Waals surface area contributed by atoms with Crippen LogP contribution in [0.15, 0.2) is 17.7 Å². The van der Waals surface area contributed by atoms with Crippen LogP contribution in [-0.4, -0.2) is 25.3 Å². The molecular formula is C17H24O4. The molecule has 0 amide bonds. The van der Waals surface area contributed by atoms with Crippen LogP contribution in [0, 0.1) is 13.8 Å². The normalized spacial score (nSPS) is 11.4. The van der Waals surface area contributed by atoms with Crippen LogP contribution in [0.1, 0.15) is 36.5 Å². The Morgan fingerprint density at radius 1 is 1.29 bits per heavy atom. The zero-order valence-electron chi connectivity index (χ0n) is 13.4. The van der Waals surface area contributed by atoms with Crippen LogP contribution >= 0.6 is 0 Å². The van der Waals surface area contributed by atoms with E-state index in [1.54, 1.807) is 13.2 Å². The van der Waals surface area contributed by atoms with Crippen LogP contribution in [-0.2, 0) is 16.0 Å². The molecule has 0 saturated heterocycles. The Bertz CT molecular complexity index is 544. The van der Waals surface area contributed by atoms with Crippen molar-refractivity contribution in [1.29, 1.82) is 0 Å². The average Bonchev–Trinajstić information content (AvgIpc) is 2.46. The zero-order chi connectivity index (χ0) is 16.0. The summed E-state index contributed by atoms with van der Waals surface area (Å²) in [6.07, 6.45) is 3.61. The summed E-state index contributed by atoms with van der Waals surface area (Å²) in [6.45, 7) is 5.89. The molecule has 0 atom stereocenters. The van der Waals surface area contributed by atoms with Gasteiger partial charge in [-0.2, -0.15) is 0 Å². The summed E-state index contributed by atoms with van der Waals surface area (Å²) in [7, 11) is 3.00. The number of carbonyl (C=O) groups is 1. The fraction of sp³-hybridized carbons (Fsp3) is 0.471. The number of allylic oxidation sites excluding steroid dienone is 2. The smallest absolute Gasteiger partial charge is 0.305 e. The number of rotatable bonds is 6. The Hall–Kier alpha value is -1.97. The SMILES string of the molecule is COC(=O)CC/C(C)=C/Cc1c(O)cc(C)c(C)c1OC. The maximum absolute atomic E-state index is 11.1. The topological polar surface area (TPSA) is 55.8 Å². The number of methoxy groups -OCH3 is 2. The predicted octanol–water partition coefficient (Wildman–Crippen LogP) is 3.46. The van der Waals surface area contributed by atoms with Crippen molar-refractivity contribution in [3.63, 3.8) is 0 Å². The summed E-state index contributed by atoms with van der Waals surface area (Å²) in [5.74, 6) is 0.755. The number of carbonyl (C=O) groups excluding carboxylic acids is 1. The van der Waals surface area contributed by atoms with E-state index >= 15 is 0 Å². The van der Waals surface area contributed by atoms with Gasteiger partial charge in [0.25, 0.3) is 0 Å². The zero-order valence-corrected chi connectivity index (χ0v) is 13.4. The third-order valence-corrected chi connectivity index (χ3v) is 3.68. The van der Waals surface area contributed by atoms with Gasteiger partial charge in [0.05, 0.1) is 14.2 Å². The summed E-state index contributed by atoms with van der Waals surface area (Å²) in [5, 5.41) is 10.1. The molecule has 0 aromatic heterocycles. The highest BCUT2D eigenvalue weighted by Gasteiger charge is 2.13. The first kappa shape index (κ1) is 17.1. The van der Waals surface area contributed by atoms with Crippen LogP contribution in [0.3, 0.4) is 0 Å². The molecule has 1 aromatic rings. The van der Waals surface area contributed by atoms with Gasteiger partial charge in [-0.1, -0.05) is 11.6 Å². The molecule has 0 spiro atoms. The molecule has 0 bridgehead atoms. The molecule has 4 nitrogen and oxygen atoms in total. The minimum absolute atomic E-state index is 0.214. The van der Waals surface area contributed by atoms with Gasteiger partial charge < -0.3 is 14.6 Å². The Balaban J connectivity index is 2.88. The van der Waals surface area contributed by atoms with Gasteiger partial charge in [0.1, 0.15) is 11.5 Å². The van der Waals surface area contributed by atoms with Crippen molar-refractivity contribution < 1.29 is 19.4 Å². The van der Waals surface area contributed by atoms with Gasteiger partial charge in [0, 0.05) is 12.0 Å². The number of benzene rings is 1. The third-order valence-electron chi connectivity index (χ3n) is 3.68. The highest BCUT2D eigenvalue weighted by molar-refractivity contribution is 5.69. The fourth-order valence-corrected chi connectivity index (χ4v) is 2.18. The van der Waals surface area contributed by atoms with Crippen LogP contribution in [0.25, 0.3) is 0 Å². The lowest BCUT2D eigenvalue weighted by Gasteiger charge is -2.14. The van der Waals surface area contributed by atoms with Crippen molar-refractivity contribution in [3.05, 3.63) is 34.4 Å². The van der Waals surface area contributed by atoms with E-state index in [1.165, 1.54) is 7.11 Å². The van der Waals surface area contributed by atoms with Crippen LogP contribution in [0.5, 0.6) is 11.5 Å². The number of esters is 1. The monoisotopic (exact) mass is 292 g/mol. The molecule has 116 valence electrons. The molecule has 0 aliphatic carbocycles. The number of hydrogen-bond donors (Lipinski definition) is 1. The number of hydrogen-bond acceptors (Lipinski definition) is 4. The lowest BCUT2D eigenvalue weighted by molar-refractivity contribution is -0.140. The van der Waals surface area contributed by atoms with Crippen molar-refractivity contribution in [2.75, 3.05) is 14.2 Å². The lowest BCUT2D eigenvalue weighted by Crippen LogP contribution is -2.00. The Kier molecular flexibility index (Phi) is 6.28. The first-order valence-corrected chi connectivity index (χ1v) is 6.99. The highest BCUT2D eigenvalue weighted by Crippen LogP contribution is 2.34. The van der Waals surface area contributed by atoms with E-state index in [0.717, 1.165) is 28.0 Å². The van der Waals surface area contributed by atoms with Crippen molar-refractivity contribution in [1.82, 2.24) is 0 Å². The van der Waals surface area contributed by atoms with Crippen LogP contribution in [0.2, 0.25) is 0 Å². The molecule has 0 heterocycles. The minimum atomic E-state index is -0.214. The van der Waals surface area contributed by atoms with E-state index in [-0.39, 0.29) is 11.7 Å². The molecule has 4 heteroatoms. The second-order valence-electron chi connectivity index (χ2n) is 5.18. The van der Waals surface area contributed by atoms with Crippen LogP contribution < -0.4 is 4.74 Å². The number of ether oxygens (including phenoxy) is 2. The maximum Gasteiger partial charge on any atom is 0.305 e. The predicted molar refractivity (Wildman–Crippen MR) is 82.8 cm³/mol. The van der Waals surface area contributed by atoms with E-state index < -0.39 is 0 Å². The van der Waals surface area contributed by atoms with Crippen LogP contribution in [0.4, 0.5) is 0 Å². The van der Waals surface area contributed by atoms with Gasteiger partial charge >= 0.3 is 5.97 Å². The number of aryl methyl sites for hydroxylation is 1. The standard InChI is InChI=1S/C17H24O4/c1-11(7-9-16(19)20-4)6-8-14-15(18)10-12(2)13(3)17(14)21-5/h6,10,18H,7-9H2,1-5H3/b11-6+.